The van der Waals surface area contributed by atoms with E-state index in [9.17, 15) is 5.11 Å². The molecule has 1 aromatic rings. The molecule has 0 saturated carbocycles. The van der Waals surface area contributed by atoms with Gasteiger partial charge in [-0.1, -0.05) is 24.3 Å². The van der Waals surface area contributed by atoms with Crippen LogP contribution in [-0.2, 0) is 9.47 Å². The maximum atomic E-state index is 9.89. The van der Waals surface area contributed by atoms with Crippen molar-refractivity contribution in [2.75, 3.05) is 26.4 Å². The maximum absolute atomic E-state index is 9.89. The summed E-state index contributed by atoms with van der Waals surface area (Å²) in [5, 5.41) is 13.2. The monoisotopic (exact) mass is 295 g/mol. The molecule has 21 heavy (non-hydrogen) atoms. The zero-order chi connectivity index (χ0) is 15.7. The molecule has 0 amide bonds. The molecule has 0 aliphatic carbocycles. The van der Waals surface area contributed by atoms with Gasteiger partial charge in [-0.2, -0.15) is 0 Å². The molecule has 0 aliphatic rings. The minimum absolute atomic E-state index is 0.213. The largest absolute Gasteiger partial charge is 0.389 e. The summed E-state index contributed by atoms with van der Waals surface area (Å²) in [4.78, 5) is 0. The first-order valence-electron chi connectivity index (χ1n) is 7.67. The molecule has 1 rings (SSSR count). The Hall–Kier alpha value is -0.940. The summed E-state index contributed by atoms with van der Waals surface area (Å²) in [5.74, 6) is 0. The zero-order valence-corrected chi connectivity index (χ0v) is 13.6. The van der Waals surface area contributed by atoms with E-state index in [0.717, 1.165) is 0 Å². The Balaban J connectivity index is 2.18. The van der Waals surface area contributed by atoms with Gasteiger partial charge in [0.1, 0.15) is 0 Å². The number of benzene rings is 1. The van der Waals surface area contributed by atoms with Crippen LogP contribution in [0.1, 0.15) is 37.9 Å². The van der Waals surface area contributed by atoms with Gasteiger partial charge in [0.15, 0.2) is 0 Å². The summed E-state index contributed by atoms with van der Waals surface area (Å²) in [6, 6.07) is 8.49. The molecule has 0 aliphatic heterocycles. The molecule has 2 atom stereocenters. The normalized spacial score (nSPS) is 14.4. The molecule has 4 nitrogen and oxygen atoms in total. The van der Waals surface area contributed by atoms with Crippen LogP contribution >= 0.6 is 0 Å². The van der Waals surface area contributed by atoms with Crippen molar-refractivity contribution in [1.82, 2.24) is 5.32 Å². The van der Waals surface area contributed by atoms with Gasteiger partial charge in [0.05, 0.1) is 32.0 Å². The van der Waals surface area contributed by atoms with Crippen LogP contribution in [0.25, 0.3) is 0 Å². The van der Waals surface area contributed by atoms with Crippen molar-refractivity contribution in [3.05, 3.63) is 35.4 Å². The fourth-order valence-corrected chi connectivity index (χ4v) is 2.12. The first-order chi connectivity index (χ1) is 10.0. The van der Waals surface area contributed by atoms with Crippen LogP contribution in [0.5, 0.6) is 0 Å². The molecular weight excluding hydrogens is 266 g/mol. The Bertz CT molecular complexity index is 395. The van der Waals surface area contributed by atoms with Gasteiger partial charge in [-0.05, 0) is 38.8 Å². The van der Waals surface area contributed by atoms with Crippen molar-refractivity contribution < 1.29 is 14.6 Å². The zero-order valence-electron chi connectivity index (χ0n) is 13.6. The minimum atomic E-state index is -0.504. The van der Waals surface area contributed by atoms with Gasteiger partial charge in [-0.25, -0.2) is 0 Å². The lowest BCUT2D eigenvalue weighted by Gasteiger charge is -2.19. The molecule has 0 spiro atoms. The lowest BCUT2D eigenvalue weighted by Crippen LogP contribution is -2.32. The van der Waals surface area contributed by atoms with Crippen LogP contribution in [-0.4, -0.2) is 43.7 Å². The van der Waals surface area contributed by atoms with E-state index in [1.54, 1.807) is 0 Å². The smallest absolute Gasteiger partial charge is 0.0897 e. The topological polar surface area (TPSA) is 50.7 Å². The number of rotatable bonds is 10. The number of aryl methyl sites for hydroxylation is 1. The average Bonchev–Trinajstić information content (AvgIpc) is 2.44. The van der Waals surface area contributed by atoms with Crippen molar-refractivity contribution in [1.29, 1.82) is 0 Å². The second-order valence-corrected chi connectivity index (χ2v) is 5.63. The molecule has 0 aromatic heterocycles. The van der Waals surface area contributed by atoms with E-state index in [1.807, 2.05) is 26.0 Å². The second kappa shape index (κ2) is 9.90. The van der Waals surface area contributed by atoms with E-state index in [-0.39, 0.29) is 12.1 Å². The summed E-state index contributed by atoms with van der Waals surface area (Å²) >= 11 is 0. The highest BCUT2D eigenvalue weighted by Crippen LogP contribution is 2.16. The first kappa shape index (κ1) is 18.1. The lowest BCUT2D eigenvalue weighted by molar-refractivity contribution is -0.0104. The maximum Gasteiger partial charge on any atom is 0.0897 e. The third-order valence-electron chi connectivity index (χ3n) is 3.30. The highest BCUT2D eigenvalue weighted by molar-refractivity contribution is 5.28. The van der Waals surface area contributed by atoms with Crippen LogP contribution in [0.2, 0.25) is 0 Å². The summed E-state index contributed by atoms with van der Waals surface area (Å²) in [5.41, 5.74) is 2.52. The minimum Gasteiger partial charge on any atom is -0.389 e. The van der Waals surface area contributed by atoms with Gasteiger partial charge in [0.25, 0.3) is 0 Å². The number of nitrogens with one attached hydrogen (secondary N) is 1. The SMILES string of the molecule is Cc1ccccc1C(C)NCC(O)COCCOC(C)C. The molecule has 1 aromatic carbocycles. The number of aliphatic hydroxyl groups excluding tert-OH is 1. The van der Waals surface area contributed by atoms with Gasteiger partial charge in [-0.3, -0.25) is 0 Å². The van der Waals surface area contributed by atoms with Crippen LogP contribution in [0.3, 0.4) is 0 Å². The van der Waals surface area contributed by atoms with Gasteiger partial charge in [0.2, 0.25) is 0 Å². The molecule has 0 bridgehead atoms. The van der Waals surface area contributed by atoms with E-state index in [2.05, 4.69) is 31.3 Å². The summed E-state index contributed by atoms with van der Waals surface area (Å²) in [7, 11) is 0. The van der Waals surface area contributed by atoms with E-state index in [0.29, 0.717) is 26.4 Å². The number of aliphatic hydroxyl groups is 1. The molecule has 0 fully saturated rings. The van der Waals surface area contributed by atoms with Crippen molar-refractivity contribution in [2.45, 2.75) is 45.9 Å². The van der Waals surface area contributed by atoms with Crippen LogP contribution in [0.4, 0.5) is 0 Å². The molecule has 0 saturated heterocycles. The van der Waals surface area contributed by atoms with Gasteiger partial charge < -0.3 is 19.9 Å². The Kier molecular flexibility index (Phi) is 8.54. The molecule has 4 heteroatoms. The highest BCUT2D eigenvalue weighted by atomic mass is 16.5. The Morgan fingerprint density at radius 1 is 1.14 bits per heavy atom. The van der Waals surface area contributed by atoms with Crippen molar-refractivity contribution in [3.8, 4) is 0 Å². The Morgan fingerprint density at radius 2 is 1.86 bits per heavy atom. The van der Waals surface area contributed by atoms with Crippen molar-refractivity contribution >= 4 is 0 Å². The predicted octanol–water partition coefficient (Wildman–Crippen LogP) is 2.45. The third-order valence-corrected chi connectivity index (χ3v) is 3.30. The number of ether oxygens (including phenoxy) is 2. The quantitative estimate of drug-likeness (QED) is 0.651. The van der Waals surface area contributed by atoms with Crippen LogP contribution in [0, 0.1) is 6.92 Å². The molecule has 120 valence electrons. The van der Waals surface area contributed by atoms with E-state index >= 15 is 0 Å². The number of hydrogen-bond acceptors (Lipinski definition) is 4. The Labute approximate surface area is 128 Å². The third kappa shape index (κ3) is 7.58. The molecule has 0 radical (unpaired) electrons. The lowest BCUT2D eigenvalue weighted by atomic mass is 10.0. The molecule has 0 heterocycles. The summed E-state index contributed by atoms with van der Waals surface area (Å²) in [6.45, 7) is 10.1. The van der Waals surface area contributed by atoms with E-state index in [4.69, 9.17) is 9.47 Å². The highest BCUT2D eigenvalue weighted by Gasteiger charge is 2.10. The van der Waals surface area contributed by atoms with Gasteiger partial charge >= 0.3 is 0 Å². The van der Waals surface area contributed by atoms with Gasteiger partial charge in [-0.15, -0.1) is 0 Å². The molecular formula is C17H29NO3. The van der Waals surface area contributed by atoms with Crippen molar-refractivity contribution in [3.63, 3.8) is 0 Å². The van der Waals surface area contributed by atoms with Crippen molar-refractivity contribution in [2.24, 2.45) is 0 Å². The molecule has 2 N–H and O–H groups in total. The fourth-order valence-electron chi connectivity index (χ4n) is 2.12. The van der Waals surface area contributed by atoms with Crippen LogP contribution < -0.4 is 5.32 Å². The first-order valence-corrected chi connectivity index (χ1v) is 7.67. The number of hydrogen-bond donors (Lipinski definition) is 2. The summed E-state index contributed by atoms with van der Waals surface area (Å²) in [6.07, 6.45) is -0.286. The van der Waals surface area contributed by atoms with Crippen LogP contribution in [0.15, 0.2) is 24.3 Å². The van der Waals surface area contributed by atoms with E-state index < -0.39 is 6.10 Å². The van der Waals surface area contributed by atoms with E-state index in [1.165, 1.54) is 11.1 Å². The molecule has 2 unspecified atom stereocenters. The van der Waals surface area contributed by atoms with Gasteiger partial charge in [0, 0.05) is 12.6 Å². The predicted molar refractivity (Wildman–Crippen MR) is 85.5 cm³/mol. The second-order valence-electron chi connectivity index (χ2n) is 5.63. The average molecular weight is 295 g/mol. The Morgan fingerprint density at radius 3 is 2.52 bits per heavy atom. The fraction of sp³-hybridized carbons (Fsp3) is 0.647. The standard InChI is InChI=1S/C17H29NO3/c1-13(2)21-10-9-20-12-16(19)11-18-15(4)17-8-6-5-7-14(17)3/h5-8,13,15-16,18-19H,9-12H2,1-4H3. The summed E-state index contributed by atoms with van der Waals surface area (Å²) < 4.78 is 10.8.